The molecule has 0 aromatic rings. The predicted molar refractivity (Wildman–Crippen MR) is 55.3 cm³/mol. The summed E-state index contributed by atoms with van der Waals surface area (Å²) in [6.07, 6.45) is 12.6. The van der Waals surface area contributed by atoms with Crippen molar-refractivity contribution >= 4 is 0 Å². The first-order chi connectivity index (χ1) is 6.40. The molecule has 1 atom stereocenters. The van der Waals surface area contributed by atoms with Gasteiger partial charge >= 0.3 is 0 Å². The number of hydrogen-bond donors (Lipinski definition) is 1. The molecule has 0 heterocycles. The van der Waals surface area contributed by atoms with Gasteiger partial charge in [0.25, 0.3) is 0 Å². The van der Waals surface area contributed by atoms with Crippen molar-refractivity contribution in [3.8, 4) is 12.3 Å². The van der Waals surface area contributed by atoms with E-state index in [1.807, 2.05) is 0 Å². The van der Waals surface area contributed by atoms with Crippen LogP contribution in [0.15, 0.2) is 0 Å². The SMILES string of the molecule is C#CCNCC1CC2CCC1CC2. The van der Waals surface area contributed by atoms with Crippen LogP contribution in [0.5, 0.6) is 0 Å². The van der Waals surface area contributed by atoms with Crippen molar-refractivity contribution in [2.45, 2.75) is 32.1 Å². The first-order valence-electron chi connectivity index (χ1n) is 5.54. The van der Waals surface area contributed by atoms with Crippen LogP contribution < -0.4 is 5.32 Å². The van der Waals surface area contributed by atoms with Gasteiger partial charge in [-0.2, -0.15) is 0 Å². The van der Waals surface area contributed by atoms with E-state index in [9.17, 15) is 0 Å². The molecule has 3 aliphatic carbocycles. The second-order valence-electron chi connectivity index (χ2n) is 4.61. The Balaban J connectivity index is 1.77. The molecule has 3 saturated carbocycles. The summed E-state index contributed by atoms with van der Waals surface area (Å²) < 4.78 is 0. The van der Waals surface area contributed by atoms with Crippen molar-refractivity contribution in [1.82, 2.24) is 5.32 Å². The Kier molecular flexibility index (Phi) is 2.90. The summed E-state index contributed by atoms with van der Waals surface area (Å²) in [5, 5.41) is 3.35. The van der Waals surface area contributed by atoms with Gasteiger partial charge in [0.05, 0.1) is 6.54 Å². The maximum absolute atomic E-state index is 5.21. The molecule has 13 heavy (non-hydrogen) atoms. The van der Waals surface area contributed by atoms with Gasteiger partial charge in [-0.3, -0.25) is 0 Å². The Hall–Kier alpha value is -0.480. The van der Waals surface area contributed by atoms with Crippen molar-refractivity contribution in [3.05, 3.63) is 0 Å². The molecule has 3 aliphatic rings. The fourth-order valence-corrected chi connectivity index (χ4v) is 3.10. The molecule has 72 valence electrons. The van der Waals surface area contributed by atoms with Gasteiger partial charge in [-0.1, -0.05) is 18.8 Å². The smallest absolute Gasteiger partial charge is 0.0573 e. The number of terminal acetylenes is 1. The molecular formula is C12H19N. The fraction of sp³-hybridized carbons (Fsp3) is 0.833. The highest BCUT2D eigenvalue weighted by Gasteiger charge is 2.34. The van der Waals surface area contributed by atoms with Crippen LogP contribution in [0.25, 0.3) is 0 Å². The average Bonchev–Trinajstić information content (AvgIpc) is 2.20. The van der Waals surface area contributed by atoms with Crippen molar-refractivity contribution < 1.29 is 0 Å². The minimum absolute atomic E-state index is 0.744. The summed E-state index contributed by atoms with van der Waals surface area (Å²) >= 11 is 0. The lowest BCUT2D eigenvalue weighted by atomic mass is 9.65. The van der Waals surface area contributed by atoms with Crippen LogP contribution in [0, 0.1) is 30.1 Å². The minimum Gasteiger partial charge on any atom is -0.306 e. The van der Waals surface area contributed by atoms with Gasteiger partial charge < -0.3 is 5.32 Å². The van der Waals surface area contributed by atoms with Crippen LogP contribution >= 0.6 is 0 Å². The number of fused-ring (bicyclic) bond motifs is 3. The summed E-state index contributed by atoms with van der Waals surface area (Å²) in [7, 11) is 0. The molecule has 2 bridgehead atoms. The Bertz CT molecular complexity index is 196. The molecule has 1 nitrogen and oxygen atoms in total. The molecule has 0 spiro atoms. The second kappa shape index (κ2) is 4.15. The van der Waals surface area contributed by atoms with Crippen LogP contribution in [0.4, 0.5) is 0 Å². The highest BCUT2D eigenvalue weighted by atomic mass is 14.9. The topological polar surface area (TPSA) is 12.0 Å². The molecule has 0 aromatic carbocycles. The maximum Gasteiger partial charge on any atom is 0.0573 e. The molecular weight excluding hydrogens is 158 g/mol. The van der Waals surface area contributed by atoms with Gasteiger partial charge in [0.15, 0.2) is 0 Å². The molecule has 1 unspecified atom stereocenters. The molecule has 1 N–H and O–H groups in total. The van der Waals surface area contributed by atoms with E-state index < -0.39 is 0 Å². The van der Waals surface area contributed by atoms with Crippen LogP contribution in [0.2, 0.25) is 0 Å². The third kappa shape index (κ3) is 2.06. The van der Waals surface area contributed by atoms with E-state index in [0.29, 0.717) is 0 Å². The van der Waals surface area contributed by atoms with Crippen molar-refractivity contribution in [2.75, 3.05) is 13.1 Å². The van der Waals surface area contributed by atoms with E-state index in [1.165, 1.54) is 32.1 Å². The lowest BCUT2D eigenvalue weighted by molar-refractivity contribution is 0.0990. The van der Waals surface area contributed by atoms with Crippen LogP contribution in [0.3, 0.4) is 0 Å². The lowest BCUT2D eigenvalue weighted by Crippen LogP contribution is -2.37. The van der Waals surface area contributed by atoms with E-state index in [-0.39, 0.29) is 0 Å². The maximum atomic E-state index is 5.21. The second-order valence-corrected chi connectivity index (χ2v) is 4.61. The van der Waals surface area contributed by atoms with E-state index in [2.05, 4.69) is 11.2 Å². The highest BCUT2D eigenvalue weighted by Crippen LogP contribution is 2.44. The summed E-state index contributed by atoms with van der Waals surface area (Å²) in [6.45, 7) is 1.90. The monoisotopic (exact) mass is 177 g/mol. The Labute approximate surface area is 81.3 Å². The number of nitrogens with one attached hydrogen (secondary N) is 1. The Morgan fingerprint density at radius 1 is 1.23 bits per heavy atom. The largest absolute Gasteiger partial charge is 0.306 e. The van der Waals surface area contributed by atoms with Gasteiger partial charge in [-0.15, -0.1) is 6.42 Å². The van der Waals surface area contributed by atoms with Crippen LogP contribution in [0.1, 0.15) is 32.1 Å². The predicted octanol–water partition coefficient (Wildman–Crippen LogP) is 2.04. The van der Waals surface area contributed by atoms with Gasteiger partial charge in [0.1, 0.15) is 0 Å². The van der Waals surface area contributed by atoms with Gasteiger partial charge in [-0.25, -0.2) is 0 Å². The highest BCUT2D eigenvalue weighted by molar-refractivity contribution is 4.90. The van der Waals surface area contributed by atoms with E-state index in [0.717, 1.165) is 30.8 Å². The third-order valence-corrected chi connectivity index (χ3v) is 3.83. The normalized spacial score (nSPS) is 37.3. The zero-order valence-electron chi connectivity index (χ0n) is 8.26. The van der Waals surface area contributed by atoms with Crippen molar-refractivity contribution in [2.24, 2.45) is 17.8 Å². The van der Waals surface area contributed by atoms with E-state index in [4.69, 9.17) is 6.42 Å². The number of rotatable bonds is 3. The standard InChI is InChI=1S/C12H19N/c1-2-7-13-9-12-8-10-3-5-11(12)6-4-10/h1,10-13H,3-9H2. The molecule has 3 rings (SSSR count). The Morgan fingerprint density at radius 2 is 2.00 bits per heavy atom. The van der Waals surface area contributed by atoms with Crippen LogP contribution in [-0.4, -0.2) is 13.1 Å². The average molecular weight is 177 g/mol. The first-order valence-corrected chi connectivity index (χ1v) is 5.54. The molecule has 0 aliphatic heterocycles. The van der Waals surface area contributed by atoms with Gasteiger partial charge in [0, 0.05) is 0 Å². The summed E-state index contributed by atoms with van der Waals surface area (Å²) in [6, 6.07) is 0. The van der Waals surface area contributed by atoms with E-state index in [1.54, 1.807) is 0 Å². The van der Waals surface area contributed by atoms with Crippen molar-refractivity contribution in [3.63, 3.8) is 0 Å². The molecule has 0 saturated heterocycles. The lowest BCUT2D eigenvalue weighted by Gasteiger charge is -2.42. The van der Waals surface area contributed by atoms with Gasteiger partial charge in [-0.05, 0) is 43.6 Å². The van der Waals surface area contributed by atoms with Gasteiger partial charge in [0.2, 0.25) is 0 Å². The summed E-state index contributed by atoms with van der Waals surface area (Å²) in [5.74, 6) is 5.63. The van der Waals surface area contributed by atoms with Crippen LogP contribution in [-0.2, 0) is 0 Å². The summed E-state index contributed by atoms with van der Waals surface area (Å²) in [5.41, 5.74) is 0. The zero-order valence-corrected chi connectivity index (χ0v) is 8.26. The molecule has 3 fully saturated rings. The first kappa shape index (κ1) is 9.09. The third-order valence-electron chi connectivity index (χ3n) is 3.83. The number of hydrogen-bond acceptors (Lipinski definition) is 1. The molecule has 0 radical (unpaired) electrons. The zero-order chi connectivity index (χ0) is 9.10. The molecule has 0 amide bonds. The molecule has 0 aromatic heterocycles. The fourth-order valence-electron chi connectivity index (χ4n) is 3.10. The van der Waals surface area contributed by atoms with E-state index >= 15 is 0 Å². The quantitative estimate of drug-likeness (QED) is 0.514. The van der Waals surface area contributed by atoms with Crippen molar-refractivity contribution in [1.29, 1.82) is 0 Å². The minimum atomic E-state index is 0.744. The Morgan fingerprint density at radius 3 is 2.54 bits per heavy atom. The summed E-state index contributed by atoms with van der Waals surface area (Å²) in [4.78, 5) is 0. The molecule has 1 heteroatoms.